The Hall–Kier alpha value is -2.82. The lowest BCUT2D eigenvalue weighted by atomic mass is 10.1. The van der Waals surface area contributed by atoms with E-state index in [1.165, 1.54) is 30.3 Å². The summed E-state index contributed by atoms with van der Waals surface area (Å²) in [6, 6.07) is 9.88. The Balaban J connectivity index is 0.00000210. The number of H-pyrrole nitrogens is 1. The largest absolute Gasteiger partial charge is 0.490 e. The van der Waals surface area contributed by atoms with Crippen molar-refractivity contribution in [2.75, 3.05) is 26.4 Å². The summed E-state index contributed by atoms with van der Waals surface area (Å²) in [5, 5.41) is 9.39. The van der Waals surface area contributed by atoms with Gasteiger partial charge in [-0.3, -0.25) is 5.10 Å². The van der Waals surface area contributed by atoms with Crippen LogP contribution in [0.25, 0.3) is 11.3 Å². The van der Waals surface area contributed by atoms with E-state index in [0.29, 0.717) is 15.8 Å². The van der Waals surface area contributed by atoms with Crippen LogP contribution in [-0.4, -0.2) is 42.7 Å². The van der Waals surface area contributed by atoms with Crippen molar-refractivity contribution < 1.29 is 27.0 Å². The molecule has 10 heteroatoms. The number of aromatic nitrogens is 2. The average Bonchev–Trinajstić information content (AvgIpc) is 2.84. The fourth-order valence-corrected chi connectivity index (χ4v) is 3.36. The van der Waals surface area contributed by atoms with Crippen LogP contribution in [0.15, 0.2) is 54.7 Å². The van der Waals surface area contributed by atoms with Gasteiger partial charge in [-0.15, -0.1) is 0 Å². The summed E-state index contributed by atoms with van der Waals surface area (Å²) in [4.78, 5) is 0. The number of rotatable bonds is 10. The molecule has 0 aliphatic heterocycles. The van der Waals surface area contributed by atoms with E-state index >= 15 is 0 Å². The number of nitrogens with one attached hydrogen (secondary N) is 2. The molecule has 1 atom stereocenters. The van der Waals surface area contributed by atoms with Gasteiger partial charge in [0.2, 0.25) is 0 Å². The van der Waals surface area contributed by atoms with E-state index < -0.39 is 18.0 Å². The molecule has 1 aromatic heterocycles. The lowest BCUT2D eigenvalue weighted by Crippen LogP contribution is -2.36. The maximum absolute atomic E-state index is 13.8. The van der Waals surface area contributed by atoms with Crippen LogP contribution in [0, 0.1) is 17.3 Å². The number of hydrogen-bond acceptors (Lipinski definition) is 5. The Morgan fingerprint density at radius 3 is 2.46 bits per heavy atom. The summed E-state index contributed by atoms with van der Waals surface area (Å²) < 4.78 is 65.3. The highest BCUT2D eigenvalue weighted by atomic mass is 32.1. The van der Waals surface area contributed by atoms with E-state index in [1.54, 1.807) is 24.4 Å². The van der Waals surface area contributed by atoms with Gasteiger partial charge in [0.05, 0.1) is 17.7 Å². The van der Waals surface area contributed by atoms with Crippen LogP contribution in [-0.2, 0) is 4.74 Å². The Labute approximate surface area is 207 Å². The maximum atomic E-state index is 13.8. The summed E-state index contributed by atoms with van der Waals surface area (Å²) in [5.41, 5.74) is 1.94. The quantitative estimate of drug-likeness (QED) is 0.183. The van der Waals surface area contributed by atoms with Gasteiger partial charge in [-0.05, 0) is 30.2 Å². The molecule has 1 unspecified atom stereocenters. The molecule has 3 aromatic rings. The zero-order chi connectivity index (χ0) is 25.8. The minimum Gasteiger partial charge on any atom is -0.490 e. The molecule has 35 heavy (non-hydrogen) atoms. The summed E-state index contributed by atoms with van der Waals surface area (Å²) in [6.07, 6.45) is -2.76. The van der Waals surface area contributed by atoms with Crippen molar-refractivity contribution in [2.24, 2.45) is 0 Å². The van der Waals surface area contributed by atoms with Crippen molar-refractivity contribution in [1.29, 1.82) is 0 Å². The molecular formula is C25H29F4N3O2S. The number of hydrogen-bond donors (Lipinski definition) is 2. The molecule has 0 spiro atoms. The van der Waals surface area contributed by atoms with E-state index in [2.05, 4.69) is 15.5 Å². The summed E-state index contributed by atoms with van der Waals surface area (Å²) in [7, 11) is 0. The Morgan fingerprint density at radius 2 is 1.77 bits per heavy atom. The molecule has 0 bridgehead atoms. The van der Waals surface area contributed by atoms with Gasteiger partial charge in [0, 0.05) is 24.4 Å². The smallest absolute Gasteiger partial charge is 0.407 e. The topological polar surface area (TPSA) is 59.2 Å². The SMILES string of the molecule is CC.Cc1c[nH]nc(-c2ccc(F)cc2OCCOCCNC(c2ccccc2)C(F)(F)F)c1=S. The Morgan fingerprint density at radius 1 is 1.06 bits per heavy atom. The van der Waals surface area contributed by atoms with Crippen LogP contribution >= 0.6 is 12.2 Å². The summed E-state index contributed by atoms with van der Waals surface area (Å²) >= 11 is 5.39. The van der Waals surface area contributed by atoms with Crippen LogP contribution in [0.5, 0.6) is 5.75 Å². The molecule has 0 aliphatic carbocycles. The standard InChI is InChI=1S/C23H23F4N3O2S.C2H6/c1-15-14-29-30-20(21(15)33)18-8-7-17(24)13-19(18)32-12-11-31-10-9-28-22(23(25,26)27)16-5-3-2-4-6-16;1-2/h2-8,13-14,22,28H,9-12H2,1H3,(H,29,33);1-2H3. The van der Waals surface area contributed by atoms with Crippen LogP contribution < -0.4 is 10.1 Å². The van der Waals surface area contributed by atoms with Gasteiger partial charge >= 0.3 is 6.18 Å². The molecule has 0 fully saturated rings. The second-order valence-electron chi connectivity index (χ2n) is 7.19. The van der Waals surface area contributed by atoms with Crippen LogP contribution in [0.2, 0.25) is 0 Å². The van der Waals surface area contributed by atoms with E-state index in [1.807, 2.05) is 20.8 Å². The van der Waals surface area contributed by atoms with Crippen molar-refractivity contribution >= 4 is 12.2 Å². The van der Waals surface area contributed by atoms with Crippen LogP contribution in [0.3, 0.4) is 0 Å². The van der Waals surface area contributed by atoms with Crippen molar-refractivity contribution in [2.45, 2.75) is 33.0 Å². The lowest BCUT2D eigenvalue weighted by molar-refractivity contribution is -0.158. The number of ether oxygens (including phenoxy) is 2. The molecule has 5 nitrogen and oxygen atoms in total. The molecule has 0 aliphatic rings. The number of aromatic amines is 1. The molecule has 190 valence electrons. The highest BCUT2D eigenvalue weighted by molar-refractivity contribution is 7.71. The van der Waals surface area contributed by atoms with Crippen molar-refractivity contribution in [3.8, 4) is 17.0 Å². The second-order valence-corrected chi connectivity index (χ2v) is 7.59. The first-order valence-corrected chi connectivity index (χ1v) is 11.6. The molecular weight excluding hydrogens is 482 g/mol. The van der Waals surface area contributed by atoms with Gasteiger partial charge in [0.1, 0.15) is 29.9 Å². The summed E-state index contributed by atoms with van der Waals surface area (Å²) in [5.74, 6) is -0.240. The van der Waals surface area contributed by atoms with Crippen molar-refractivity contribution in [3.63, 3.8) is 0 Å². The fourth-order valence-electron chi connectivity index (χ4n) is 3.15. The normalized spacial score (nSPS) is 12.0. The predicted molar refractivity (Wildman–Crippen MR) is 130 cm³/mol. The van der Waals surface area contributed by atoms with Gasteiger partial charge in [0.15, 0.2) is 0 Å². The zero-order valence-corrected chi connectivity index (χ0v) is 20.6. The maximum Gasteiger partial charge on any atom is 0.407 e. The number of aryl methyl sites for hydroxylation is 1. The van der Waals surface area contributed by atoms with Gasteiger partial charge in [-0.1, -0.05) is 56.4 Å². The third-order valence-corrected chi connectivity index (χ3v) is 5.29. The number of benzene rings is 2. The first-order chi connectivity index (χ1) is 16.8. The minimum atomic E-state index is -4.43. The molecule has 0 saturated heterocycles. The first-order valence-electron chi connectivity index (χ1n) is 11.2. The van der Waals surface area contributed by atoms with Gasteiger partial charge in [-0.25, -0.2) is 4.39 Å². The first kappa shape index (κ1) is 28.4. The minimum absolute atomic E-state index is 0.00730. The molecule has 2 aromatic carbocycles. The van der Waals surface area contributed by atoms with Gasteiger partial charge in [0.25, 0.3) is 0 Å². The van der Waals surface area contributed by atoms with E-state index in [-0.39, 0.29) is 37.7 Å². The molecule has 1 heterocycles. The van der Waals surface area contributed by atoms with Gasteiger partial charge < -0.3 is 14.8 Å². The van der Waals surface area contributed by atoms with Gasteiger partial charge in [-0.2, -0.15) is 18.3 Å². The van der Waals surface area contributed by atoms with E-state index in [9.17, 15) is 17.6 Å². The molecule has 0 saturated carbocycles. The number of halogens is 4. The predicted octanol–water partition coefficient (Wildman–Crippen LogP) is 6.57. The highest BCUT2D eigenvalue weighted by Crippen LogP contribution is 2.32. The molecule has 0 radical (unpaired) electrons. The van der Waals surface area contributed by atoms with Crippen molar-refractivity contribution in [3.05, 3.63) is 76.2 Å². The third kappa shape index (κ3) is 8.41. The second kappa shape index (κ2) is 13.9. The average molecular weight is 512 g/mol. The molecule has 3 rings (SSSR count). The van der Waals surface area contributed by atoms with Crippen LogP contribution in [0.4, 0.5) is 17.6 Å². The van der Waals surface area contributed by atoms with Crippen molar-refractivity contribution in [1.82, 2.24) is 15.5 Å². The number of alkyl halides is 3. The highest BCUT2D eigenvalue weighted by Gasteiger charge is 2.40. The number of nitrogens with zero attached hydrogens (tertiary/aromatic N) is 1. The molecule has 0 amide bonds. The lowest BCUT2D eigenvalue weighted by Gasteiger charge is -2.22. The van der Waals surface area contributed by atoms with Crippen LogP contribution in [0.1, 0.15) is 31.0 Å². The third-order valence-electron chi connectivity index (χ3n) is 4.77. The fraction of sp³-hybridized carbons (Fsp3) is 0.360. The van der Waals surface area contributed by atoms with E-state index in [0.717, 1.165) is 5.56 Å². The van der Waals surface area contributed by atoms with E-state index in [4.69, 9.17) is 21.7 Å². The molecule has 2 N–H and O–H groups in total. The Bertz CT molecular complexity index is 1110. The summed E-state index contributed by atoms with van der Waals surface area (Å²) in [6.45, 7) is 6.04. The monoisotopic (exact) mass is 511 g/mol. The zero-order valence-electron chi connectivity index (χ0n) is 19.8. The Kier molecular flexibility index (Phi) is 11.3.